The van der Waals surface area contributed by atoms with Gasteiger partial charge in [-0.1, -0.05) is 0 Å². The average Bonchev–Trinajstić information content (AvgIpc) is 2.69. The fourth-order valence-corrected chi connectivity index (χ4v) is 2.13. The molecule has 1 aromatic carbocycles. The monoisotopic (exact) mass is 227 g/mol. The first-order valence-electron chi connectivity index (χ1n) is 5.37. The number of nitrogens with two attached hydrogens (primary N) is 1. The topological polar surface area (TPSA) is 35.2 Å². The second-order valence-corrected chi connectivity index (χ2v) is 4.41. The van der Waals surface area contributed by atoms with Gasteiger partial charge in [0.05, 0.1) is 11.6 Å². The minimum atomic E-state index is -0.634. The van der Waals surface area contributed by atoms with Crippen molar-refractivity contribution < 1.29 is 13.5 Å². The van der Waals surface area contributed by atoms with Gasteiger partial charge in [-0.15, -0.1) is 0 Å². The quantitative estimate of drug-likeness (QED) is 0.842. The van der Waals surface area contributed by atoms with E-state index in [1.54, 1.807) is 0 Å². The summed E-state index contributed by atoms with van der Waals surface area (Å²) in [6, 6.07) is 2.70. The molecule has 1 aliphatic heterocycles. The third kappa shape index (κ3) is 1.95. The van der Waals surface area contributed by atoms with Crippen molar-refractivity contribution in [2.45, 2.75) is 31.4 Å². The summed E-state index contributed by atoms with van der Waals surface area (Å²) in [4.78, 5) is 0. The van der Waals surface area contributed by atoms with Crippen LogP contribution in [0.3, 0.4) is 0 Å². The summed E-state index contributed by atoms with van der Waals surface area (Å²) < 4.78 is 32.1. The SMILES string of the molecule is CC1(C(N)c2cc(F)ccc2F)CCCO1. The summed E-state index contributed by atoms with van der Waals surface area (Å²) in [7, 11) is 0. The Morgan fingerprint density at radius 2 is 2.19 bits per heavy atom. The van der Waals surface area contributed by atoms with Crippen molar-refractivity contribution in [1.29, 1.82) is 0 Å². The summed E-state index contributed by atoms with van der Waals surface area (Å²) in [5.41, 5.74) is 5.57. The van der Waals surface area contributed by atoms with Gasteiger partial charge in [-0.25, -0.2) is 8.78 Å². The molecular weight excluding hydrogens is 212 g/mol. The standard InChI is InChI=1S/C12H15F2NO/c1-12(5-2-6-16-12)11(15)9-7-8(13)3-4-10(9)14/h3-4,7,11H,2,5-6,15H2,1H3. The van der Waals surface area contributed by atoms with Crippen molar-refractivity contribution in [1.82, 2.24) is 0 Å². The zero-order valence-electron chi connectivity index (χ0n) is 9.17. The zero-order chi connectivity index (χ0) is 11.8. The number of hydrogen-bond donors (Lipinski definition) is 1. The van der Waals surface area contributed by atoms with Gasteiger partial charge >= 0.3 is 0 Å². The molecule has 0 amide bonds. The normalized spacial score (nSPS) is 27.0. The van der Waals surface area contributed by atoms with Crippen LogP contribution >= 0.6 is 0 Å². The van der Waals surface area contributed by atoms with E-state index in [2.05, 4.69) is 0 Å². The summed E-state index contributed by atoms with van der Waals surface area (Å²) in [5, 5.41) is 0. The highest BCUT2D eigenvalue weighted by molar-refractivity contribution is 5.25. The highest BCUT2D eigenvalue weighted by Crippen LogP contribution is 2.36. The number of hydrogen-bond acceptors (Lipinski definition) is 2. The van der Waals surface area contributed by atoms with E-state index in [9.17, 15) is 8.78 Å². The van der Waals surface area contributed by atoms with Crippen LogP contribution in [0.25, 0.3) is 0 Å². The molecule has 1 heterocycles. The number of halogens is 2. The van der Waals surface area contributed by atoms with Crippen molar-refractivity contribution in [3.8, 4) is 0 Å². The molecule has 2 rings (SSSR count). The molecule has 2 N–H and O–H groups in total. The van der Waals surface area contributed by atoms with Gasteiger partial charge in [0.25, 0.3) is 0 Å². The first-order valence-corrected chi connectivity index (χ1v) is 5.37. The van der Waals surface area contributed by atoms with E-state index in [0.717, 1.165) is 31.0 Å². The lowest BCUT2D eigenvalue weighted by atomic mass is 9.88. The number of benzene rings is 1. The Labute approximate surface area is 93.4 Å². The van der Waals surface area contributed by atoms with Crippen LogP contribution in [0.1, 0.15) is 31.4 Å². The number of rotatable bonds is 2. The van der Waals surface area contributed by atoms with Crippen molar-refractivity contribution in [2.75, 3.05) is 6.61 Å². The molecule has 0 bridgehead atoms. The van der Waals surface area contributed by atoms with Gasteiger partial charge in [0, 0.05) is 12.2 Å². The highest BCUT2D eigenvalue weighted by Gasteiger charge is 2.38. The highest BCUT2D eigenvalue weighted by atomic mass is 19.1. The fourth-order valence-electron chi connectivity index (χ4n) is 2.13. The lowest BCUT2D eigenvalue weighted by Gasteiger charge is -2.30. The molecule has 2 atom stereocenters. The van der Waals surface area contributed by atoms with Gasteiger partial charge in [0.15, 0.2) is 0 Å². The molecule has 1 fully saturated rings. The van der Waals surface area contributed by atoms with Crippen LogP contribution in [-0.4, -0.2) is 12.2 Å². The van der Waals surface area contributed by atoms with E-state index in [1.807, 2.05) is 6.92 Å². The van der Waals surface area contributed by atoms with Crippen LogP contribution in [0.15, 0.2) is 18.2 Å². The Hall–Kier alpha value is -1.00. The third-order valence-corrected chi connectivity index (χ3v) is 3.20. The molecule has 1 aliphatic rings. The maximum Gasteiger partial charge on any atom is 0.128 e. The number of ether oxygens (including phenoxy) is 1. The largest absolute Gasteiger partial charge is 0.373 e. The lowest BCUT2D eigenvalue weighted by molar-refractivity contribution is -0.00263. The molecule has 0 saturated carbocycles. The second kappa shape index (κ2) is 4.11. The minimum Gasteiger partial charge on any atom is -0.373 e. The Kier molecular flexibility index (Phi) is 2.95. The summed E-state index contributed by atoms with van der Waals surface area (Å²) in [5.74, 6) is -0.959. The third-order valence-electron chi connectivity index (χ3n) is 3.20. The van der Waals surface area contributed by atoms with Crippen LogP contribution in [-0.2, 0) is 4.74 Å². The molecular formula is C12H15F2NO. The minimum absolute atomic E-state index is 0.185. The Morgan fingerprint density at radius 1 is 1.44 bits per heavy atom. The van der Waals surface area contributed by atoms with E-state index in [1.165, 1.54) is 0 Å². The van der Waals surface area contributed by atoms with Crippen molar-refractivity contribution in [2.24, 2.45) is 5.73 Å². The van der Waals surface area contributed by atoms with Crippen LogP contribution in [0.2, 0.25) is 0 Å². The van der Waals surface area contributed by atoms with Crippen LogP contribution in [0, 0.1) is 11.6 Å². The van der Waals surface area contributed by atoms with E-state index in [4.69, 9.17) is 10.5 Å². The molecule has 1 saturated heterocycles. The van der Waals surface area contributed by atoms with E-state index < -0.39 is 23.3 Å². The van der Waals surface area contributed by atoms with Crippen molar-refractivity contribution in [3.63, 3.8) is 0 Å². The predicted octanol–water partition coefficient (Wildman–Crippen LogP) is 2.53. The van der Waals surface area contributed by atoms with Gasteiger partial charge in [-0.05, 0) is 38.0 Å². The van der Waals surface area contributed by atoms with Crippen LogP contribution in [0.5, 0.6) is 0 Å². The van der Waals surface area contributed by atoms with Gasteiger partial charge < -0.3 is 10.5 Å². The smallest absolute Gasteiger partial charge is 0.128 e. The van der Waals surface area contributed by atoms with E-state index in [-0.39, 0.29) is 5.56 Å². The molecule has 0 radical (unpaired) electrons. The zero-order valence-corrected chi connectivity index (χ0v) is 9.17. The Balaban J connectivity index is 2.32. The predicted molar refractivity (Wildman–Crippen MR) is 56.9 cm³/mol. The maximum absolute atomic E-state index is 13.5. The summed E-state index contributed by atoms with van der Waals surface area (Å²) in [6.07, 6.45) is 1.67. The Bertz CT molecular complexity index is 389. The molecule has 16 heavy (non-hydrogen) atoms. The fraction of sp³-hybridized carbons (Fsp3) is 0.500. The second-order valence-electron chi connectivity index (χ2n) is 4.41. The van der Waals surface area contributed by atoms with Crippen LogP contribution in [0.4, 0.5) is 8.78 Å². The molecule has 0 aliphatic carbocycles. The molecule has 0 spiro atoms. The molecule has 1 aromatic rings. The van der Waals surface area contributed by atoms with E-state index >= 15 is 0 Å². The Morgan fingerprint density at radius 3 is 2.81 bits per heavy atom. The van der Waals surface area contributed by atoms with Crippen molar-refractivity contribution in [3.05, 3.63) is 35.4 Å². The van der Waals surface area contributed by atoms with Gasteiger partial charge in [0.2, 0.25) is 0 Å². The molecule has 88 valence electrons. The van der Waals surface area contributed by atoms with Crippen molar-refractivity contribution >= 4 is 0 Å². The molecule has 2 unspecified atom stereocenters. The molecule has 2 nitrogen and oxygen atoms in total. The van der Waals surface area contributed by atoms with E-state index in [0.29, 0.717) is 6.61 Å². The lowest BCUT2D eigenvalue weighted by Crippen LogP contribution is -2.38. The average molecular weight is 227 g/mol. The first-order chi connectivity index (χ1) is 7.53. The molecule has 4 heteroatoms. The summed E-state index contributed by atoms with van der Waals surface area (Å²) in [6.45, 7) is 2.47. The van der Waals surface area contributed by atoms with Gasteiger partial charge in [-0.3, -0.25) is 0 Å². The molecule has 0 aromatic heterocycles. The first kappa shape index (κ1) is 11.5. The maximum atomic E-state index is 13.5. The van der Waals surface area contributed by atoms with Crippen LogP contribution < -0.4 is 5.73 Å². The van der Waals surface area contributed by atoms with Gasteiger partial charge in [0.1, 0.15) is 11.6 Å². The summed E-state index contributed by atoms with van der Waals surface area (Å²) >= 11 is 0. The van der Waals surface area contributed by atoms with Gasteiger partial charge in [-0.2, -0.15) is 0 Å².